The third-order valence-corrected chi connectivity index (χ3v) is 2.50. The molecule has 0 aliphatic carbocycles. The summed E-state index contributed by atoms with van der Waals surface area (Å²) in [4.78, 5) is 12.3. The van der Waals surface area contributed by atoms with Crippen molar-refractivity contribution in [3.63, 3.8) is 0 Å². The summed E-state index contributed by atoms with van der Waals surface area (Å²) in [6.45, 7) is 1.19. The van der Waals surface area contributed by atoms with E-state index in [2.05, 4.69) is 5.10 Å². The van der Waals surface area contributed by atoms with Crippen LogP contribution in [-0.2, 0) is 7.05 Å². The van der Waals surface area contributed by atoms with E-state index in [0.29, 0.717) is 0 Å². The van der Waals surface area contributed by atoms with Crippen molar-refractivity contribution in [1.29, 1.82) is 0 Å². The number of aromatic nitrogens is 2. The molecule has 18 heavy (non-hydrogen) atoms. The topological polar surface area (TPSA) is 58.4 Å². The standard InChI is InChI=1S/C10H14F3N3O2/c1-6-7(9(17)18)8(16(3)14-6)15(2)5-4-10(11,12)13/h4-5H2,1-3H3,(H,17,18). The number of halogens is 3. The smallest absolute Gasteiger partial charge is 0.390 e. The molecule has 1 N–H and O–H groups in total. The molecule has 1 aromatic rings. The monoisotopic (exact) mass is 265 g/mol. The largest absolute Gasteiger partial charge is 0.477 e. The molecule has 0 spiro atoms. The Labute approximate surface area is 102 Å². The maximum atomic E-state index is 12.1. The zero-order valence-electron chi connectivity index (χ0n) is 10.2. The Morgan fingerprint density at radius 1 is 1.50 bits per heavy atom. The van der Waals surface area contributed by atoms with Crippen LogP contribution >= 0.6 is 0 Å². The van der Waals surface area contributed by atoms with Gasteiger partial charge in [-0.3, -0.25) is 4.68 Å². The second-order valence-electron chi connectivity index (χ2n) is 4.00. The number of aromatic carboxylic acids is 1. The zero-order chi connectivity index (χ0) is 14.1. The van der Waals surface area contributed by atoms with Gasteiger partial charge in [-0.1, -0.05) is 0 Å². The molecular formula is C10H14F3N3O2. The molecule has 102 valence electrons. The van der Waals surface area contributed by atoms with Gasteiger partial charge in [-0.2, -0.15) is 18.3 Å². The fraction of sp³-hybridized carbons (Fsp3) is 0.600. The SMILES string of the molecule is Cc1nn(C)c(N(C)CCC(F)(F)F)c1C(=O)O. The number of hydrogen-bond acceptors (Lipinski definition) is 3. The molecule has 0 unspecified atom stereocenters. The molecule has 0 amide bonds. The summed E-state index contributed by atoms with van der Waals surface area (Å²) >= 11 is 0. The van der Waals surface area contributed by atoms with Gasteiger partial charge >= 0.3 is 12.1 Å². The van der Waals surface area contributed by atoms with E-state index < -0.39 is 18.6 Å². The normalized spacial score (nSPS) is 11.7. The van der Waals surface area contributed by atoms with Crippen LogP contribution in [0.1, 0.15) is 22.5 Å². The molecule has 1 heterocycles. The van der Waals surface area contributed by atoms with E-state index in [0.717, 1.165) is 0 Å². The molecule has 5 nitrogen and oxygen atoms in total. The van der Waals surface area contributed by atoms with E-state index in [1.54, 1.807) is 0 Å². The lowest BCUT2D eigenvalue weighted by Crippen LogP contribution is -2.27. The zero-order valence-corrected chi connectivity index (χ0v) is 10.2. The van der Waals surface area contributed by atoms with E-state index in [4.69, 9.17) is 5.11 Å². The van der Waals surface area contributed by atoms with Gasteiger partial charge in [-0.05, 0) is 6.92 Å². The number of nitrogens with zero attached hydrogens (tertiary/aromatic N) is 3. The van der Waals surface area contributed by atoms with Crippen LogP contribution in [0.25, 0.3) is 0 Å². The van der Waals surface area contributed by atoms with E-state index in [9.17, 15) is 18.0 Å². The van der Waals surface area contributed by atoms with Crippen LogP contribution in [0.5, 0.6) is 0 Å². The molecule has 0 radical (unpaired) electrons. The number of carboxylic acids is 1. The molecular weight excluding hydrogens is 251 g/mol. The highest BCUT2D eigenvalue weighted by atomic mass is 19.4. The lowest BCUT2D eigenvalue weighted by atomic mass is 10.2. The summed E-state index contributed by atoms with van der Waals surface area (Å²) in [7, 11) is 2.91. The first-order valence-corrected chi connectivity index (χ1v) is 5.18. The highest BCUT2D eigenvalue weighted by Gasteiger charge is 2.29. The van der Waals surface area contributed by atoms with Crippen LogP contribution < -0.4 is 4.90 Å². The highest BCUT2D eigenvalue weighted by Crippen LogP contribution is 2.25. The van der Waals surface area contributed by atoms with E-state index in [1.807, 2.05) is 0 Å². The van der Waals surface area contributed by atoms with Crippen molar-refractivity contribution in [3.8, 4) is 0 Å². The Kier molecular flexibility index (Phi) is 3.88. The number of alkyl halides is 3. The van der Waals surface area contributed by atoms with Crippen LogP contribution in [0.15, 0.2) is 0 Å². The van der Waals surface area contributed by atoms with Crippen LogP contribution in [0.2, 0.25) is 0 Å². The minimum absolute atomic E-state index is 0.0674. The maximum Gasteiger partial charge on any atom is 0.390 e. The first-order valence-electron chi connectivity index (χ1n) is 5.18. The highest BCUT2D eigenvalue weighted by molar-refractivity contribution is 5.94. The van der Waals surface area contributed by atoms with Crippen LogP contribution in [0.3, 0.4) is 0 Å². The van der Waals surface area contributed by atoms with Crippen molar-refractivity contribution >= 4 is 11.8 Å². The molecule has 0 saturated carbocycles. The van der Waals surface area contributed by atoms with Crippen LogP contribution in [0.4, 0.5) is 19.0 Å². The third-order valence-electron chi connectivity index (χ3n) is 2.50. The summed E-state index contributed by atoms with van der Waals surface area (Å²) in [6, 6.07) is 0. The predicted molar refractivity (Wildman–Crippen MR) is 58.8 cm³/mol. The number of carboxylic acid groups (broad SMARTS) is 1. The van der Waals surface area contributed by atoms with Gasteiger partial charge in [0.25, 0.3) is 0 Å². The first kappa shape index (κ1) is 14.3. The summed E-state index contributed by atoms with van der Waals surface area (Å²) < 4.78 is 37.7. The Bertz CT molecular complexity index is 454. The lowest BCUT2D eigenvalue weighted by Gasteiger charge is -2.20. The molecule has 0 bridgehead atoms. The number of rotatable bonds is 4. The van der Waals surface area contributed by atoms with Gasteiger partial charge in [0.15, 0.2) is 0 Å². The minimum Gasteiger partial charge on any atom is -0.477 e. The van der Waals surface area contributed by atoms with E-state index in [-0.39, 0.29) is 23.6 Å². The molecule has 1 rings (SSSR count). The summed E-state index contributed by atoms with van der Waals surface area (Å²) in [5.41, 5.74) is 0.209. The summed E-state index contributed by atoms with van der Waals surface area (Å²) in [6.07, 6.45) is -5.28. The quantitative estimate of drug-likeness (QED) is 0.902. The molecule has 0 fully saturated rings. The van der Waals surface area contributed by atoms with Gasteiger partial charge in [0.2, 0.25) is 0 Å². The van der Waals surface area contributed by atoms with Gasteiger partial charge in [0.1, 0.15) is 11.4 Å². The summed E-state index contributed by atoms with van der Waals surface area (Å²) in [5.74, 6) is -1.03. The van der Waals surface area contributed by atoms with Gasteiger partial charge < -0.3 is 10.0 Å². The van der Waals surface area contributed by atoms with E-state index >= 15 is 0 Å². The maximum absolute atomic E-state index is 12.1. The average molecular weight is 265 g/mol. The minimum atomic E-state index is -4.27. The predicted octanol–water partition coefficient (Wildman–Crippen LogP) is 1.82. The summed E-state index contributed by atoms with van der Waals surface area (Å²) in [5, 5.41) is 12.9. The molecule has 0 saturated heterocycles. The molecule has 0 aliphatic heterocycles. The van der Waals surface area contributed by atoms with Crippen molar-refractivity contribution in [2.45, 2.75) is 19.5 Å². The van der Waals surface area contributed by atoms with Crippen molar-refractivity contribution in [2.75, 3.05) is 18.5 Å². The van der Waals surface area contributed by atoms with Gasteiger partial charge in [0.05, 0.1) is 12.1 Å². The molecule has 8 heteroatoms. The average Bonchev–Trinajstić information content (AvgIpc) is 2.49. The van der Waals surface area contributed by atoms with Crippen LogP contribution in [-0.4, -0.2) is 40.6 Å². The second-order valence-corrected chi connectivity index (χ2v) is 4.00. The second kappa shape index (κ2) is 4.87. The van der Waals surface area contributed by atoms with Crippen molar-refractivity contribution < 1.29 is 23.1 Å². The Morgan fingerprint density at radius 3 is 2.50 bits per heavy atom. The number of hydrogen-bond donors (Lipinski definition) is 1. The van der Waals surface area contributed by atoms with Gasteiger partial charge in [-0.15, -0.1) is 0 Å². The molecule has 0 aliphatic rings. The fourth-order valence-electron chi connectivity index (χ4n) is 1.73. The molecule has 0 atom stereocenters. The Hall–Kier alpha value is -1.73. The van der Waals surface area contributed by atoms with Crippen molar-refractivity contribution in [2.24, 2.45) is 7.05 Å². The Morgan fingerprint density at radius 2 is 2.06 bits per heavy atom. The van der Waals surface area contributed by atoms with Crippen molar-refractivity contribution in [3.05, 3.63) is 11.3 Å². The van der Waals surface area contributed by atoms with Gasteiger partial charge in [0, 0.05) is 20.6 Å². The van der Waals surface area contributed by atoms with Gasteiger partial charge in [-0.25, -0.2) is 4.79 Å². The first-order chi connectivity index (χ1) is 8.13. The molecule has 1 aromatic heterocycles. The fourth-order valence-corrected chi connectivity index (χ4v) is 1.73. The van der Waals surface area contributed by atoms with E-state index in [1.165, 1.54) is 30.6 Å². The number of anilines is 1. The molecule has 0 aromatic carbocycles. The van der Waals surface area contributed by atoms with Crippen LogP contribution in [0, 0.1) is 6.92 Å². The third kappa shape index (κ3) is 3.14. The Balaban J connectivity index is 2.98. The van der Waals surface area contributed by atoms with Crippen molar-refractivity contribution in [1.82, 2.24) is 9.78 Å². The number of aryl methyl sites for hydroxylation is 2. The lowest BCUT2D eigenvalue weighted by molar-refractivity contribution is -0.132. The number of carbonyl (C=O) groups is 1.